The lowest BCUT2D eigenvalue weighted by Gasteiger charge is -2.24. The van der Waals surface area contributed by atoms with Gasteiger partial charge in [0.2, 0.25) is 0 Å². The van der Waals surface area contributed by atoms with E-state index in [1.54, 1.807) is 0 Å². The lowest BCUT2D eigenvalue weighted by molar-refractivity contribution is 0.0827. The van der Waals surface area contributed by atoms with Gasteiger partial charge in [-0.3, -0.25) is 0 Å². The Morgan fingerprint density at radius 2 is 2.10 bits per heavy atom. The number of nitrogens with zero attached hydrogens (tertiary/aromatic N) is 2. The Labute approximate surface area is 119 Å². The molecule has 0 unspecified atom stereocenters. The number of benzene rings is 1. The van der Waals surface area contributed by atoms with E-state index < -0.39 is 0 Å². The van der Waals surface area contributed by atoms with Crippen molar-refractivity contribution in [2.24, 2.45) is 5.73 Å². The number of hydrogen-bond acceptors (Lipinski definition) is 3. The third kappa shape index (κ3) is 2.34. The predicted octanol–water partition coefficient (Wildman–Crippen LogP) is 2.97. The summed E-state index contributed by atoms with van der Waals surface area (Å²) in [5.74, 6) is 1.73. The van der Waals surface area contributed by atoms with Gasteiger partial charge < -0.3 is 15.0 Å². The zero-order valence-electron chi connectivity index (χ0n) is 12.3. The zero-order valence-corrected chi connectivity index (χ0v) is 12.3. The first kappa shape index (κ1) is 13.6. The molecule has 0 radical (unpaired) electrons. The number of fused-ring (bicyclic) bond motifs is 1. The van der Waals surface area contributed by atoms with Crippen molar-refractivity contribution >= 4 is 11.0 Å². The van der Waals surface area contributed by atoms with Crippen molar-refractivity contribution in [3.8, 4) is 0 Å². The van der Waals surface area contributed by atoms with Gasteiger partial charge in [0.15, 0.2) is 0 Å². The summed E-state index contributed by atoms with van der Waals surface area (Å²) in [6, 6.07) is 6.81. The molecule has 0 amide bonds. The van der Waals surface area contributed by atoms with Crippen LogP contribution in [0.2, 0.25) is 0 Å². The summed E-state index contributed by atoms with van der Waals surface area (Å²) in [6.07, 6.45) is 2.14. The second kappa shape index (κ2) is 5.54. The van der Waals surface area contributed by atoms with Crippen molar-refractivity contribution in [3.63, 3.8) is 0 Å². The minimum atomic E-state index is 0.418. The van der Waals surface area contributed by atoms with Crippen LogP contribution in [0.1, 0.15) is 50.0 Å². The molecule has 2 N–H and O–H groups in total. The second-order valence-electron chi connectivity index (χ2n) is 5.85. The van der Waals surface area contributed by atoms with Crippen molar-refractivity contribution in [1.29, 1.82) is 0 Å². The van der Waals surface area contributed by atoms with Crippen LogP contribution in [0, 0.1) is 0 Å². The highest BCUT2D eigenvalue weighted by molar-refractivity contribution is 5.77. The van der Waals surface area contributed by atoms with Crippen molar-refractivity contribution in [3.05, 3.63) is 29.6 Å². The first-order chi connectivity index (χ1) is 9.70. The molecule has 20 heavy (non-hydrogen) atoms. The first-order valence-corrected chi connectivity index (χ1v) is 7.49. The van der Waals surface area contributed by atoms with Gasteiger partial charge in [-0.15, -0.1) is 0 Å². The summed E-state index contributed by atoms with van der Waals surface area (Å²) in [7, 11) is 0. The second-order valence-corrected chi connectivity index (χ2v) is 5.85. The normalized spacial score (nSPS) is 17.2. The molecule has 1 saturated heterocycles. The number of imidazole rings is 1. The van der Waals surface area contributed by atoms with E-state index in [9.17, 15) is 0 Å². The average Bonchev–Trinajstić information content (AvgIpc) is 2.86. The highest BCUT2D eigenvalue weighted by atomic mass is 16.5. The van der Waals surface area contributed by atoms with Gasteiger partial charge in [0.05, 0.1) is 11.0 Å². The summed E-state index contributed by atoms with van der Waals surface area (Å²) in [5.41, 5.74) is 9.17. The van der Waals surface area contributed by atoms with Gasteiger partial charge in [-0.25, -0.2) is 4.98 Å². The summed E-state index contributed by atoms with van der Waals surface area (Å²) < 4.78 is 7.86. The lowest BCUT2D eigenvalue weighted by Crippen LogP contribution is -2.18. The standard InChI is InChI=1S/C16H23N3O/c1-11(2)19-15-4-3-12(10-17)9-14(15)18-16(19)13-5-7-20-8-6-13/h3-4,9,11,13H,5-8,10,17H2,1-2H3. The first-order valence-electron chi connectivity index (χ1n) is 7.49. The Bertz CT molecular complexity index is 597. The van der Waals surface area contributed by atoms with Gasteiger partial charge in [-0.05, 0) is 44.4 Å². The van der Waals surface area contributed by atoms with E-state index in [1.807, 2.05) is 0 Å². The fourth-order valence-electron chi connectivity index (χ4n) is 3.08. The number of hydrogen-bond donors (Lipinski definition) is 1. The molecule has 4 heteroatoms. The fraction of sp³-hybridized carbons (Fsp3) is 0.562. The number of nitrogens with two attached hydrogens (primary N) is 1. The maximum atomic E-state index is 5.74. The molecule has 1 aliphatic heterocycles. The van der Waals surface area contributed by atoms with E-state index in [1.165, 1.54) is 11.3 Å². The molecule has 0 aliphatic carbocycles. The Kier molecular flexibility index (Phi) is 3.76. The number of ether oxygens (including phenoxy) is 1. The molecule has 2 heterocycles. The lowest BCUT2D eigenvalue weighted by atomic mass is 9.99. The van der Waals surface area contributed by atoms with E-state index in [0.29, 0.717) is 18.5 Å². The average molecular weight is 273 g/mol. The van der Waals surface area contributed by atoms with Gasteiger partial charge in [0, 0.05) is 31.7 Å². The number of rotatable bonds is 3. The summed E-state index contributed by atoms with van der Waals surface area (Å²) in [5, 5.41) is 0. The summed E-state index contributed by atoms with van der Waals surface area (Å²) in [4.78, 5) is 4.92. The molecule has 3 rings (SSSR count). The van der Waals surface area contributed by atoms with Crippen LogP contribution in [0.5, 0.6) is 0 Å². The van der Waals surface area contributed by atoms with Gasteiger partial charge in [-0.2, -0.15) is 0 Å². The highest BCUT2D eigenvalue weighted by Gasteiger charge is 2.23. The van der Waals surface area contributed by atoms with Crippen LogP contribution in [-0.4, -0.2) is 22.8 Å². The molecule has 0 bridgehead atoms. The Balaban J connectivity index is 2.11. The molecule has 0 atom stereocenters. The van der Waals surface area contributed by atoms with Crippen LogP contribution in [0.25, 0.3) is 11.0 Å². The third-order valence-electron chi connectivity index (χ3n) is 4.12. The predicted molar refractivity (Wildman–Crippen MR) is 80.8 cm³/mol. The quantitative estimate of drug-likeness (QED) is 0.935. The topological polar surface area (TPSA) is 53.1 Å². The van der Waals surface area contributed by atoms with Crippen LogP contribution >= 0.6 is 0 Å². The molecule has 2 aromatic rings. The third-order valence-corrected chi connectivity index (χ3v) is 4.12. The fourth-order valence-corrected chi connectivity index (χ4v) is 3.08. The van der Waals surface area contributed by atoms with Crippen molar-refractivity contribution < 1.29 is 4.74 Å². The van der Waals surface area contributed by atoms with E-state index in [4.69, 9.17) is 15.5 Å². The van der Waals surface area contributed by atoms with Crippen molar-refractivity contribution in [2.75, 3.05) is 13.2 Å². The molecular formula is C16H23N3O. The van der Waals surface area contributed by atoms with Crippen LogP contribution in [0.15, 0.2) is 18.2 Å². The van der Waals surface area contributed by atoms with Crippen LogP contribution in [0.3, 0.4) is 0 Å². The Hall–Kier alpha value is -1.39. The zero-order chi connectivity index (χ0) is 14.1. The smallest absolute Gasteiger partial charge is 0.113 e. The molecule has 1 aliphatic rings. The molecule has 0 spiro atoms. The Morgan fingerprint density at radius 1 is 1.35 bits per heavy atom. The van der Waals surface area contributed by atoms with E-state index in [0.717, 1.165) is 37.1 Å². The number of aromatic nitrogens is 2. The van der Waals surface area contributed by atoms with Crippen LogP contribution in [-0.2, 0) is 11.3 Å². The van der Waals surface area contributed by atoms with Crippen molar-refractivity contribution in [2.45, 2.75) is 45.2 Å². The van der Waals surface area contributed by atoms with E-state index in [2.05, 4.69) is 36.6 Å². The molecule has 0 saturated carbocycles. The SMILES string of the molecule is CC(C)n1c(C2CCOCC2)nc2cc(CN)ccc21. The molecule has 1 aromatic heterocycles. The molecular weight excluding hydrogens is 250 g/mol. The van der Waals surface area contributed by atoms with Gasteiger partial charge in [0.1, 0.15) is 5.82 Å². The maximum absolute atomic E-state index is 5.74. The highest BCUT2D eigenvalue weighted by Crippen LogP contribution is 2.31. The Morgan fingerprint density at radius 3 is 2.75 bits per heavy atom. The molecule has 1 aromatic carbocycles. The molecule has 1 fully saturated rings. The van der Waals surface area contributed by atoms with Gasteiger partial charge in [0.25, 0.3) is 0 Å². The van der Waals surface area contributed by atoms with Crippen LogP contribution in [0.4, 0.5) is 0 Å². The largest absolute Gasteiger partial charge is 0.381 e. The molecule has 108 valence electrons. The van der Waals surface area contributed by atoms with Gasteiger partial charge in [-0.1, -0.05) is 6.07 Å². The molecule has 4 nitrogen and oxygen atoms in total. The minimum Gasteiger partial charge on any atom is -0.381 e. The summed E-state index contributed by atoms with van der Waals surface area (Å²) in [6.45, 7) is 6.71. The van der Waals surface area contributed by atoms with E-state index in [-0.39, 0.29) is 0 Å². The van der Waals surface area contributed by atoms with Crippen LogP contribution < -0.4 is 5.73 Å². The van der Waals surface area contributed by atoms with Gasteiger partial charge >= 0.3 is 0 Å². The van der Waals surface area contributed by atoms with Crippen molar-refractivity contribution in [1.82, 2.24) is 9.55 Å². The summed E-state index contributed by atoms with van der Waals surface area (Å²) >= 11 is 0. The maximum Gasteiger partial charge on any atom is 0.113 e. The minimum absolute atomic E-state index is 0.418. The monoisotopic (exact) mass is 273 g/mol. The van der Waals surface area contributed by atoms with E-state index >= 15 is 0 Å².